The molecule has 3 aliphatic rings. The summed E-state index contributed by atoms with van der Waals surface area (Å²) >= 11 is 0. The van der Waals surface area contributed by atoms with Crippen LogP contribution in [-0.4, -0.2) is 87.6 Å². The zero-order chi connectivity index (χ0) is 28.9. The maximum atomic E-state index is 13.2. The Morgan fingerprint density at radius 1 is 1.23 bits per heavy atom. The Hall–Kier alpha value is -3.64. The molecular weight excluding hydrogens is 514 g/mol. The first kappa shape index (κ1) is 28.4. The number of esters is 2. The first-order valence-electron chi connectivity index (χ1n) is 12.7. The smallest absolute Gasteiger partial charge is 0.504 e. The first-order valence-corrected chi connectivity index (χ1v) is 12.7. The molecule has 2 aliphatic heterocycles. The number of ketones is 1. The second-order valence-electron chi connectivity index (χ2n) is 10.4. The minimum atomic E-state index is -1.85. The topological polar surface area (TPSA) is 169 Å². The molecule has 4 rings (SSSR count). The summed E-state index contributed by atoms with van der Waals surface area (Å²) in [6.45, 7) is 6.72. The fraction of sp³-hybridized carbons (Fsp3) is 0.556. The van der Waals surface area contributed by atoms with E-state index in [0.717, 1.165) is 12.5 Å². The molecule has 0 aromatic heterocycles. The van der Waals surface area contributed by atoms with Crippen molar-refractivity contribution >= 4 is 23.9 Å². The van der Waals surface area contributed by atoms with Gasteiger partial charge in [0.25, 0.3) is 0 Å². The lowest BCUT2D eigenvalue weighted by atomic mass is 9.54. The maximum absolute atomic E-state index is 13.2. The number of hydrogen-bond donors (Lipinski definition) is 3. The summed E-state index contributed by atoms with van der Waals surface area (Å²) in [6, 6.07) is 2.89. The number of fused-ring (bicyclic) bond motifs is 1. The predicted octanol–water partition coefficient (Wildman–Crippen LogP) is 1.96. The van der Waals surface area contributed by atoms with Gasteiger partial charge in [-0.25, -0.2) is 9.59 Å². The number of Topliss-reactive ketones (excluding diaryl/α,β-unsaturated/α-hetero) is 1. The number of aliphatic hydroxyl groups is 1. The number of likely N-dealkylation sites (N-methyl/N-ethyl adjacent to an activating group) is 1. The van der Waals surface area contributed by atoms with Crippen molar-refractivity contribution in [3.63, 3.8) is 0 Å². The molecule has 0 bridgehead atoms. The van der Waals surface area contributed by atoms with Gasteiger partial charge in [-0.05, 0) is 58.5 Å². The zero-order valence-electron chi connectivity index (χ0n) is 22.4. The molecule has 0 unspecified atom stereocenters. The zero-order valence-corrected chi connectivity index (χ0v) is 22.4. The lowest BCUT2D eigenvalue weighted by Crippen LogP contribution is -2.71. The average molecular weight is 548 g/mol. The lowest BCUT2D eigenvalue weighted by molar-refractivity contribution is -0.167. The molecule has 1 saturated heterocycles. The van der Waals surface area contributed by atoms with Gasteiger partial charge in [0.1, 0.15) is 5.76 Å². The van der Waals surface area contributed by atoms with E-state index in [4.69, 9.17) is 14.2 Å². The van der Waals surface area contributed by atoms with Gasteiger partial charge >= 0.3 is 18.1 Å². The molecule has 6 atom stereocenters. The Labute approximate surface area is 225 Å². The molecule has 1 fully saturated rings. The Bertz CT molecular complexity index is 1240. The molecule has 1 aromatic rings. The number of rotatable bonds is 7. The number of hydrogen-bond acceptors (Lipinski definition) is 11. The second-order valence-corrected chi connectivity index (χ2v) is 10.4. The quantitative estimate of drug-likeness (QED) is 0.336. The van der Waals surface area contributed by atoms with Crippen molar-refractivity contribution in [2.75, 3.05) is 13.6 Å². The van der Waals surface area contributed by atoms with Crippen molar-refractivity contribution in [2.45, 2.75) is 82.3 Å². The highest BCUT2D eigenvalue weighted by Gasteiger charge is 2.69. The van der Waals surface area contributed by atoms with Gasteiger partial charge in [-0.1, -0.05) is 6.07 Å². The van der Waals surface area contributed by atoms with Crippen molar-refractivity contribution in [3.8, 4) is 11.5 Å². The molecule has 1 spiro atoms. The SMILES string of the molecule is CC(=O)O[C@@H](C)C(=O)C[C@@H](OC(=O)O)C(=O)OC1=CC[C@@]2(O)[C@@H](C)N(C)CC[C@@]23c2c(C)ccc(O)c2O[C@@H]13. The summed E-state index contributed by atoms with van der Waals surface area (Å²) in [5.74, 6) is -2.57. The van der Waals surface area contributed by atoms with E-state index in [1.54, 1.807) is 6.07 Å². The standard InChI is InChI=1S/C27H33NO11/c1-13-6-7-17(30)22-21(13)26-10-11-28(5)15(3)27(26,35)9-8-19(23(26)39-22)37-24(32)20(38-25(33)34)12-18(31)14(2)36-16(4)29/h6-8,14-15,20,23,30,35H,9-12H2,1-5H3,(H,33,34)/t14-,15+,20+,23-,26-,27+/m0/s1. The van der Waals surface area contributed by atoms with Crippen LogP contribution in [0.4, 0.5) is 4.79 Å². The fourth-order valence-corrected chi connectivity index (χ4v) is 6.15. The molecule has 1 aromatic carbocycles. The molecule has 0 radical (unpaired) electrons. The van der Waals surface area contributed by atoms with E-state index < -0.39 is 59.6 Å². The van der Waals surface area contributed by atoms with E-state index in [0.29, 0.717) is 18.5 Å². The molecular formula is C27H33NO11. The number of nitrogens with zero attached hydrogens (tertiary/aromatic N) is 1. The Balaban J connectivity index is 1.69. The third kappa shape index (κ3) is 4.61. The number of aromatic hydroxyl groups is 1. The molecule has 3 N–H and O–H groups in total. The van der Waals surface area contributed by atoms with Crippen molar-refractivity contribution in [3.05, 3.63) is 35.1 Å². The number of ether oxygens (including phenoxy) is 4. The number of likely N-dealkylation sites (tertiary alicyclic amines) is 1. The van der Waals surface area contributed by atoms with E-state index in [9.17, 15) is 34.5 Å². The summed E-state index contributed by atoms with van der Waals surface area (Å²) in [6.07, 6.45) is -4.65. The Morgan fingerprint density at radius 2 is 1.92 bits per heavy atom. The van der Waals surface area contributed by atoms with Crippen LogP contribution in [0.3, 0.4) is 0 Å². The summed E-state index contributed by atoms with van der Waals surface area (Å²) in [5.41, 5.74) is -1.05. The van der Waals surface area contributed by atoms with Crippen LogP contribution in [-0.2, 0) is 34.0 Å². The molecule has 2 heterocycles. The van der Waals surface area contributed by atoms with Gasteiger partial charge in [0, 0.05) is 24.9 Å². The number of benzene rings is 1. The van der Waals surface area contributed by atoms with Crippen molar-refractivity contribution in [1.29, 1.82) is 0 Å². The van der Waals surface area contributed by atoms with E-state index in [2.05, 4.69) is 4.74 Å². The summed E-state index contributed by atoms with van der Waals surface area (Å²) in [5, 5.41) is 32.0. The third-order valence-electron chi connectivity index (χ3n) is 8.24. The molecule has 1 aliphatic carbocycles. The number of carbonyl (C=O) groups excluding carboxylic acids is 3. The first-order chi connectivity index (χ1) is 18.2. The summed E-state index contributed by atoms with van der Waals surface area (Å²) in [7, 11) is 1.90. The van der Waals surface area contributed by atoms with Crippen LogP contribution in [0.5, 0.6) is 11.5 Å². The normalized spacial score (nSPS) is 28.9. The van der Waals surface area contributed by atoms with E-state index in [1.165, 1.54) is 19.1 Å². The van der Waals surface area contributed by atoms with E-state index >= 15 is 0 Å². The van der Waals surface area contributed by atoms with E-state index in [1.807, 2.05) is 25.8 Å². The average Bonchev–Trinajstić information content (AvgIpc) is 3.22. The number of piperidine rings is 1. The van der Waals surface area contributed by atoms with Gasteiger partial charge in [-0.3, -0.25) is 9.59 Å². The third-order valence-corrected chi connectivity index (χ3v) is 8.24. The Morgan fingerprint density at radius 3 is 2.56 bits per heavy atom. The van der Waals surface area contributed by atoms with Crippen LogP contribution in [0.2, 0.25) is 0 Å². The maximum Gasteiger partial charge on any atom is 0.506 e. The minimum Gasteiger partial charge on any atom is -0.504 e. The highest BCUT2D eigenvalue weighted by molar-refractivity contribution is 5.90. The number of phenols is 1. The molecule has 12 nitrogen and oxygen atoms in total. The van der Waals surface area contributed by atoms with Crippen LogP contribution >= 0.6 is 0 Å². The van der Waals surface area contributed by atoms with Crippen molar-refractivity contribution < 1.29 is 53.4 Å². The number of carbonyl (C=O) groups is 4. The largest absolute Gasteiger partial charge is 0.506 e. The Kier molecular flexibility index (Phi) is 7.39. The van der Waals surface area contributed by atoms with Gasteiger partial charge < -0.3 is 39.2 Å². The molecule has 39 heavy (non-hydrogen) atoms. The van der Waals surface area contributed by atoms with Crippen LogP contribution in [0.1, 0.15) is 51.2 Å². The van der Waals surface area contributed by atoms with Gasteiger partial charge in [-0.15, -0.1) is 0 Å². The number of phenolic OH excluding ortho intramolecular Hbond substituents is 1. The lowest BCUT2D eigenvalue weighted by Gasteiger charge is -2.58. The summed E-state index contributed by atoms with van der Waals surface area (Å²) < 4.78 is 21.3. The highest BCUT2D eigenvalue weighted by atomic mass is 16.7. The van der Waals surface area contributed by atoms with Gasteiger partial charge in [0.05, 0.1) is 17.4 Å². The van der Waals surface area contributed by atoms with Crippen LogP contribution in [0, 0.1) is 6.92 Å². The van der Waals surface area contributed by atoms with Gasteiger partial charge in [0.15, 0.2) is 29.5 Å². The molecule has 12 heteroatoms. The van der Waals surface area contributed by atoms with E-state index in [-0.39, 0.29) is 29.7 Å². The number of aryl methyl sites for hydroxylation is 1. The van der Waals surface area contributed by atoms with Crippen LogP contribution in [0.15, 0.2) is 24.0 Å². The van der Waals surface area contributed by atoms with Gasteiger partial charge in [-0.2, -0.15) is 0 Å². The van der Waals surface area contributed by atoms with Crippen LogP contribution < -0.4 is 4.74 Å². The highest BCUT2D eigenvalue weighted by Crippen LogP contribution is 2.62. The fourth-order valence-electron chi connectivity index (χ4n) is 6.15. The predicted molar refractivity (Wildman–Crippen MR) is 133 cm³/mol. The summed E-state index contributed by atoms with van der Waals surface area (Å²) in [4.78, 5) is 50.2. The van der Waals surface area contributed by atoms with Crippen LogP contribution in [0.25, 0.3) is 0 Å². The monoisotopic (exact) mass is 547 g/mol. The van der Waals surface area contributed by atoms with Gasteiger partial charge in [0.2, 0.25) is 6.10 Å². The van der Waals surface area contributed by atoms with Crippen molar-refractivity contribution in [2.24, 2.45) is 0 Å². The second kappa shape index (κ2) is 10.2. The minimum absolute atomic E-state index is 0.0101. The van der Waals surface area contributed by atoms with Crippen molar-refractivity contribution in [1.82, 2.24) is 4.90 Å². The molecule has 212 valence electrons. The molecule has 0 amide bonds. The molecule has 0 saturated carbocycles. The number of carboxylic acid groups (broad SMARTS) is 1.